The molecule has 0 aromatic heterocycles. The Kier molecular flexibility index (Phi) is 5.26. The molecule has 2 unspecified atom stereocenters. The molecule has 2 atom stereocenters. The molecule has 0 aliphatic rings. The molecule has 1 N–H and O–H groups in total. The van der Waals surface area contributed by atoms with Crippen molar-refractivity contribution in [2.75, 3.05) is 12.8 Å². The van der Waals surface area contributed by atoms with Crippen molar-refractivity contribution in [3.05, 3.63) is 65.0 Å². The summed E-state index contributed by atoms with van der Waals surface area (Å²) in [4.78, 5) is 0.654. The van der Waals surface area contributed by atoms with Crippen molar-refractivity contribution in [1.82, 2.24) is 5.32 Å². The van der Waals surface area contributed by atoms with Crippen LogP contribution in [-0.2, 0) is 10.8 Å². The summed E-state index contributed by atoms with van der Waals surface area (Å²) in [6.07, 6.45) is 0. The number of aryl methyl sites for hydroxylation is 2. The molecule has 0 saturated carbocycles. The van der Waals surface area contributed by atoms with Crippen molar-refractivity contribution in [2.45, 2.75) is 24.8 Å². The van der Waals surface area contributed by atoms with Gasteiger partial charge in [0.1, 0.15) is 5.82 Å². The van der Waals surface area contributed by atoms with Gasteiger partial charge in [-0.1, -0.05) is 29.3 Å². The number of rotatable bonds is 5. The molecular weight excluding hydrogens is 285 g/mol. The maximum atomic E-state index is 12.9. The summed E-state index contributed by atoms with van der Waals surface area (Å²) >= 11 is 0. The lowest BCUT2D eigenvalue weighted by molar-refractivity contribution is 0.624. The molecule has 112 valence electrons. The Hall–Kier alpha value is -1.52. The van der Waals surface area contributed by atoms with Gasteiger partial charge in [-0.2, -0.15) is 0 Å². The molecule has 0 amide bonds. The predicted octanol–water partition coefficient (Wildman–Crippen LogP) is 3.51. The van der Waals surface area contributed by atoms with Gasteiger partial charge in [0.05, 0.1) is 10.8 Å². The first-order valence-corrected chi connectivity index (χ1v) is 8.21. The zero-order chi connectivity index (χ0) is 15.4. The van der Waals surface area contributed by atoms with Gasteiger partial charge in [-0.05, 0) is 50.7 Å². The maximum Gasteiger partial charge on any atom is 0.123 e. The SMILES string of the molecule is CNC(CS(=O)c1ccc(F)cc1)c1cc(C)cc(C)c1. The Morgan fingerprint density at radius 3 is 2.19 bits per heavy atom. The van der Waals surface area contributed by atoms with Crippen molar-refractivity contribution in [3.63, 3.8) is 0 Å². The first-order valence-electron chi connectivity index (χ1n) is 6.89. The maximum absolute atomic E-state index is 12.9. The summed E-state index contributed by atoms with van der Waals surface area (Å²) in [5.41, 5.74) is 3.51. The third-order valence-corrected chi connectivity index (χ3v) is 4.82. The van der Waals surface area contributed by atoms with Gasteiger partial charge in [-0.25, -0.2) is 4.39 Å². The van der Waals surface area contributed by atoms with Crippen LogP contribution in [-0.4, -0.2) is 17.0 Å². The molecule has 2 aromatic rings. The molecule has 2 nitrogen and oxygen atoms in total. The van der Waals surface area contributed by atoms with Gasteiger partial charge in [0.25, 0.3) is 0 Å². The molecule has 0 radical (unpaired) electrons. The molecule has 0 bridgehead atoms. The Morgan fingerprint density at radius 2 is 1.67 bits per heavy atom. The number of halogens is 1. The molecule has 0 spiro atoms. The van der Waals surface area contributed by atoms with Crippen LogP contribution in [0.1, 0.15) is 22.7 Å². The van der Waals surface area contributed by atoms with Gasteiger partial charge >= 0.3 is 0 Å². The number of nitrogens with one attached hydrogen (secondary N) is 1. The average Bonchev–Trinajstić information content (AvgIpc) is 2.44. The Labute approximate surface area is 127 Å². The van der Waals surface area contributed by atoms with Crippen LogP contribution in [0.2, 0.25) is 0 Å². The molecule has 0 aliphatic heterocycles. The lowest BCUT2D eigenvalue weighted by Gasteiger charge is -2.17. The third-order valence-electron chi connectivity index (χ3n) is 3.39. The van der Waals surface area contributed by atoms with Crippen LogP contribution >= 0.6 is 0 Å². The number of hydrogen-bond donors (Lipinski definition) is 1. The van der Waals surface area contributed by atoms with E-state index in [9.17, 15) is 8.60 Å². The first-order chi connectivity index (χ1) is 9.99. The van der Waals surface area contributed by atoms with E-state index in [1.54, 1.807) is 12.1 Å². The smallest absolute Gasteiger partial charge is 0.123 e. The molecule has 0 saturated heterocycles. The van der Waals surface area contributed by atoms with Gasteiger partial charge in [0, 0.05) is 16.7 Å². The summed E-state index contributed by atoms with van der Waals surface area (Å²) in [6.45, 7) is 4.11. The minimum Gasteiger partial charge on any atom is -0.312 e. The molecule has 4 heteroatoms. The number of benzene rings is 2. The minimum absolute atomic E-state index is 0.00878. The van der Waals surface area contributed by atoms with E-state index >= 15 is 0 Å². The van der Waals surface area contributed by atoms with Gasteiger partial charge in [0.15, 0.2) is 0 Å². The monoisotopic (exact) mass is 305 g/mol. The normalized spacial score (nSPS) is 13.9. The molecule has 2 rings (SSSR count). The van der Waals surface area contributed by atoms with E-state index in [-0.39, 0.29) is 11.9 Å². The van der Waals surface area contributed by atoms with Crippen molar-refractivity contribution in [1.29, 1.82) is 0 Å². The zero-order valence-electron chi connectivity index (χ0n) is 12.5. The highest BCUT2D eigenvalue weighted by molar-refractivity contribution is 7.85. The fourth-order valence-electron chi connectivity index (χ4n) is 2.39. The van der Waals surface area contributed by atoms with Crippen LogP contribution in [0.4, 0.5) is 4.39 Å². The second-order valence-corrected chi connectivity index (χ2v) is 6.72. The Bertz CT molecular complexity index is 619. The standard InChI is InChI=1S/C17H20FNOS/c1-12-8-13(2)10-14(9-12)17(19-3)11-21(20)16-6-4-15(18)5-7-16/h4-10,17,19H,11H2,1-3H3. The van der Waals surface area contributed by atoms with Gasteiger partial charge in [-0.15, -0.1) is 0 Å². The van der Waals surface area contributed by atoms with Crippen LogP contribution in [0.5, 0.6) is 0 Å². The summed E-state index contributed by atoms with van der Waals surface area (Å²) in [7, 11) is 0.701. The molecule has 0 aliphatic carbocycles. The molecule has 0 heterocycles. The summed E-state index contributed by atoms with van der Waals surface area (Å²) in [5.74, 6) is 0.153. The molecule has 0 fully saturated rings. The average molecular weight is 305 g/mol. The summed E-state index contributed by atoms with van der Waals surface area (Å²) < 4.78 is 25.3. The highest BCUT2D eigenvalue weighted by atomic mass is 32.2. The quantitative estimate of drug-likeness (QED) is 0.916. The summed E-state index contributed by atoms with van der Waals surface area (Å²) in [6, 6.07) is 12.2. The zero-order valence-corrected chi connectivity index (χ0v) is 13.3. The topological polar surface area (TPSA) is 29.1 Å². The van der Waals surface area contributed by atoms with Crippen LogP contribution in [0, 0.1) is 19.7 Å². The molecular formula is C17H20FNOS. The lowest BCUT2D eigenvalue weighted by Crippen LogP contribution is -2.23. The summed E-state index contributed by atoms with van der Waals surface area (Å²) in [5, 5.41) is 3.22. The Balaban J connectivity index is 2.18. The number of hydrogen-bond acceptors (Lipinski definition) is 2. The van der Waals surface area contributed by atoms with Crippen LogP contribution in [0.25, 0.3) is 0 Å². The lowest BCUT2D eigenvalue weighted by atomic mass is 10.0. The Morgan fingerprint density at radius 1 is 1.10 bits per heavy atom. The van der Waals surface area contributed by atoms with Crippen molar-refractivity contribution >= 4 is 10.8 Å². The largest absolute Gasteiger partial charge is 0.312 e. The van der Waals surface area contributed by atoms with Crippen LogP contribution < -0.4 is 5.32 Å². The second-order valence-electron chi connectivity index (χ2n) is 5.23. The molecule has 2 aromatic carbocycles. The van der Waals surface area contributed by atoms with Crippen molar-refractivity contribution in [2.24, 2.45) is 0 Å². The second kappa shape index (κ2) is 6.96. The van der Waals surface area contributed by atoms with E-state index in [0.717, 1.165) is 5.56 Å². The van der Waals surface area contributed by atoms with E-state index in [4.69, 9.17) is 0 Å². The fraction of sp³-hybridized carbons (Fsp3) is 0.294. The van der Waals surface area contributed by atoms with Crippen molar-refractivity contribution < 1.29 is 8.60 Å². The van der Waals surface area contributed by atoms with E-state index < -0.39 is 10.8 Å². The fourth-order valence-corrected chi connectivity index (χ4v) is 3.69. The molecule has 21 heavy (non-hydrogen) atoms. The van der Waals surface area contributed by atoms with Crippen LogP contribution in [0.3, 0.4) is 0 Å². The van der Waals surface area contributed by atoms with E-state index in [1.807, 2.05) is 7.05 Å². The van der Waals surface area contributed by atoms with Gasteiger partial charge in [0.2, 0.25) is 0 Å². The minimum atomic E-state index is -1.16. The van der Waals surface area contributed by atoms with E-state index in [1.165, 1.54) is 23.3 Å². The highest BCUT2D eigenvalue weighted by Gasteiger charge is 2.15. The highest BCUT2D eigenvalue weighted by Crippen LogP contribution is 2.20. The van der Waals surface area contributed by atoms with Crippen molar-refractivity contribution in [3.8, 4) is 0 Å². The van der Waals surface area contributed by atoms with Gasteiger partial charge in [-0.3, -0.25) is 4.21 Å². The van der Waals surface area contributed by atoms with Crippen LogP contribution in [0.15, 0.2) is 47.4 Å². The first kappa shape index (κ1) is 15.9. The van der Waals surface area contributed by atoms with Gasteiger partial charge < -0.3 is 5.32 Å². The third kappa shape index (κ3) is 4.22. The van der Waals surface area contributed by atoms with E-state index in [2.05, 4.69) is 37.4 Å². The predicted molar refractivity (Wildman–Crippen MR) is 85.4 cm³/mol. The van der Waals surface area contributed by atoms with E-state index in [0.29, 0.717) is 10.6 Å².